The second-order valence-corrected chi connectivity index (χ2v) is 8.60. The first-order chi connectivity index (χ1) is 15.0. The highest BCUT2D eigenvalue weighted by atomic mass is 127. The number of hydrogen-bond acceptors (Lipinski definition) is 5. The third-order valence-corrected chi connectivity index (χ3v) is 5.76. The molecule has 2 heterocycles. The van der Waals surface area contributed by atoms with Gasteiger partial charge in [-0.1, -0.05) is 31.1 Å². The van der Waals surface area contributed by atoms with E-state index in [-0.39, 0.29) is 24.0 Å². The summed E-state index contributed by atoms with van der Waals surface area (Å²) in [4.78, 5) is 9.37. The van der Waals surface area contributed by atoms with Gasteiger partial charge in [0.15, 0.2) is 11.7 Å². The highest BCUT2D eigenvalue weighted by molar-refractivity contribution is 14.0. The standard InChI is InChI=1S/C24H38N6O.HI/c1-19(2)23-17-22(31-28-23)18-27-24(25-4)26-10-5-6-11-29-12-14-30(15-13-29)21-9-7-8-20(3)16-21;/h7-9,16-17,19H,5-6,10-15,18H2,1-4H3,(H2,25,26,27);1H. The van der Waals surface area contributed by atoms with Crippen molar-refractivity contribution in [3.63, 3.8) is 0 Å². The monoisotopic (exact) mass is 554 g/mol. The van der Waals surface area contributed by atoms with Crippen LogP contribution < -0.4 is 15.5 Å². The summed E-state index contributed by atoms with van der Waals surface area (Å²) in [5.41, 5.74) is 3.67. The lowest BCUT2D eigenvalue weighted by Gasteiger charge is -2.36. The van der Waals surface area contributed by atoms with Crippen LogP contribution in [0.25, 0.3) is 0 Å². The number of nitrogens with one attached hydrogen (secondary N) is 2. The molecule has 1 aromatic heterocycles. The predicted molar refractivity (Wildman–Crippen MR) is 143 cm³/mol. The molecule has 0 unspecified atom stereocenters. The van der Waals surface area contributed by atoms with Gasteiger partial charge in [0, 0.05) is 51.5 Å². The number of halogens is 1. The number of rotatable bonds is 9. The normalized spacial score (nSPS) is 15.0. The fraction of sp³-hybridized carbons (Fsp3) is 0.583. The number of aliphatic imine (C=N–C) groups is 1. The van der Waals surface area contributed by atoms with E-state index < -0.39 is 0 Å². The first-order valence-electron chi connectivity index (χ1n) is 11.5. The van der Waals surface area contributed by atoms with Gasteiger partial charge in [0.1, 0.15) is 0 Å². The third-order valence-electron chi connectivity index (χ3n) is 5.76. The van der Waals surface area contributed by atoms with Gasteiger partial charge in [-0.2, -0.15) is 0 Å². The van der Waals surface area contributed by atoms with Gasteiger partial charge in [0.2, 0.25) is 0 Å². The molecular weight excluding hydrogens is 515 g/mol. The van der Waals surface area contributed by atoms with E-state index in [1.165, 1.54) is 17.7 Å². The topological polar surface area (TPSA) is 68.9 Å². The lowest BCUT2D eigenvalue weighted by Crippen LogP contribution is -2.46. The Bertz CT molecular complexity index is 829. The maximum atomic E-state index is 5.37. The molecule has 0 spiro atoms. The molecular formula is C24H39IN6O. The fourth-order valence-electron chi connectivity index (χ4n) is 3.80. The van der Waals surface area contributed by atoms with E-state index in [4.69, 9.17) is 4.52 Å². The molecule has 8 heteroatoms. The molecule has 2 aromatic rings. The molecule has 1 fully saturated rings. The van der Waals surface area contributed by atoms with E-state index in [9.17, 15) is 0 Å². The Morgan fingerprint density at radius 2 is 1.91 bits per heavy atom. The van der Waals surface area contributed by atoms with Gasteiger partial charge >= 0.3 is 0 Å². The second kappa shape index (κ2) is 13.7. The number of nitrogens with zero attached hydrogens (tertiary/aromatic N) is 4. The van der Waals surface area contributed by atoms with E-state index >= 15 is 0 Å². The predicted octanol–water partition coefficient (Wildman–Crippen LogP) is 3.99. The van der Waals surface area contributed by atoms with Crippen LogP contribution in [0.4, 0.5) is 5.69 Å². The zero-order valence-electron chi connectivity index (χ0n) is 19.9. The van der Waals surface area contributed by atoms with E-state index in [0.717, 1.165) is 63.1 Å². The maximum Gasteiger partial charge on any atom is 0.191 e. The van der Waals surface area contributed by atoms with Crippen LogP contribution in [0.3, 0.4) is 0 Å². The van der Waals surface area contributed by atoms with Crippen molar-refractivity contribution in [3.8, 4) is 0 Å². The molecule has 1 aromatic carbocycles. The van der Waals surface area contributed by atoms with Crippen molar-refractivity contribution in [1.29, 1.82) is 0 Å². The van der Waals surface area contributed by atoms with Crippen LogP contribution in [-0.4, -0.2) is 62.3 Å². The molecule has 1 aliphatic rings. The molecule has 2 N–H and O–H groups in total. The smallest absolute Gasteiger partial charge is 0.191 e. The third kappa shape index (κ3) is 8.27. The Labute approximate surface area is 210 Å². The number of aryl methyl sites for hydroxylation is 1. The van der Waals surface area contributed by atoms with Crippen LogP contribution in [0.5, 0.6) is 0 Å². The Morgan fingerprint density at radius 1 is 1.12 bits per heavy atom. The molecule has 0 aliphatic carbocycles. The second-order valence-electron chi connectivity index (χ2n) is 8.60. The largest absolute Gasteiger partial charge is 0.369 e. The summed E-state index contributed by atoms with van der Waals surface area (Å²) in [6.45, 7) is 13.5. The number of anilines is 1. The zero-order chi connectivity index (χ0) is 22.1. The minimum atomic E-state index is 0. The Kier molecular flexibility index (Phi) is 11.3. The summed E-state index contributed by atoms with van der Waals surface area (Å²) in [6, 6.07) is 10.8. The number of piperazine rings is 1. The summed E-state index contributed by atoms with van der Waals surface area (Å²) in [7, 11) is 1.79. The number of hydrogen-bond donors (Lipinski definition) is 2. The number of guanidine groups is 1. The zero-order valence-corrected chi connectivity index (χ0v) is 22.3. The van der Waals surface area contributed by atoms with Gasteiger partial charge in [-0.25, -0.2) is 0 Å². The van der Waals surface area contributed by atoms with Crippen molar-refractivity contribution in [2.24, 2.45) is 4.99 Å². The van der Waals surface area contributed by atoms with Crippen LogP contribution in [0.2, 0.25) is 0 Å². The van der Waals surface area contributed by atoms with Gasteiger partial charge in [0.05, 0.1) is 12.2 Å². The number of benzene rings is 1. The molecule has 0 saturated carbocycles. The van der Waals surface area contributed by atoms with Gasteiger partial charge in [-0.15, -0.1) is 24.0 Å². The molecule has 0 amide bonds. The Balaban J connectivity index is 0.00000363. The Morgan fingerprint density at radius 3 is 2.56 bits per heavy atom. The molecule has 0 radical (unpaired) electrons. The lowest BCUT2D eigenvalue weighted by atomic mass is 10.1. The van der Waals surface area contributed by atoms with E-state index in [1.807, 2.05) is 6.07 Å². The number of aromatic nitrogens is 1. The molecule has 32 heavy (non-hydrogen) atoms. The molecule has 178 valence electrons. The first kappa shape index (κ1) is 26.4. The highest BCUT2D eigenvalue weighted by Gasteiger charge is 2.16. The minimum Gasteiger partial charge on any atom is -0.369 e. The van der Waals surface area contributed by atoms with Crippen molar-refractivity contribution in [1.82, 2.24) is 20.7 Å². The van der Waals surface area contributed by atoms with E-state index in [0.29, 0.717) is 12.5 Å². The molecule has 1 aliphatic heterocycles. The van der Waals surface area contributed by atoms with Gasteiger partial charge < -0.3 is 20.1 Å². The minimum absolute atomic E-state index is 0. The molecule has 1 saturated heterocycles. The van der Waals surface area contributed by atoms with Crippen molar-refractivity contribution >= 4 is 35.6 Å². The van der Waals surface area contributed by atoms with Crippen molar-refractivity contribution in [2.45, 2.75) is 46.1 Å². The summed E-state index contributed by atoms with van der Waals surface area (Å²) < 4.78 is 5.37. The van der Waals surface area contributed by atoms with Crippen molar-refractivity contribution < 1.29 is 4.52 Å². The first-order valence-corrected chi connectivity index (χ1v) is 11.5. The lowest BCUT2D eigenvalue weighted by molar-refractivity contribution is 0.253. The highest BCUT2D eigenvalue weighted by Crippen LogP contribution is 2.18. The molecule has 3 rings (SSSR count). The fourth-order valence-corrected chi connectivity index (χ4v) is 3.80. The van der Waals surface area contributed by atoms with E-state index in [2.05, 4.69) is 75.6 Å². The van der Waals surface area contributed by atoms with Crippen LogP contribution in [-0.2, 0) is 6.54 Å². The van der Waals surface area contributed by atoms with Gasteiger partial charge in [0.25, 0.3) is 0 Å². The van der Waals surface area contributed by atoms with Crippen molar-refractivity contribution in [2.75, 3.05) is 51.2 Å². The number of unbranched alkanes of at least 4 members (excludes halogenated alkanes) is 1. The SMILES string of the molecule is CN=C(NCCCCN1CCN(c2cccc(C)c2)CC1)NCc1cc(C(C)C)no1.I. The average Bonchev–Trinajstić information content (AvgIpc) is 3.25. The Hall–Kier alpha value is -1.81. The summed E-state index contributed by atoms with van der Waals surface area (Å²) in [5.74, 6) is 2.01. The van der Waals surface area contributed by atoms with Crippen molar-refractivity contribution in [3.05, 3.63) is 47.3 Å². The molecule has 0 bridgehead atoms. The van der Waals surface area contributed by atoms with Gasteiger partial charge in [-0.05, 0) is 49.9 Å². The van der Waals surface area contributed by atoms with Crippen LogP contribution >= 0.6 is 24.0 Å². The summed E-state index contributed by atoms with van der Waals surface area (Å²) in [5, 5.41) is 10.8. The van der Waals surface area contributed by atoms with Crippen LogP contribution in [0, 0.1) is 6.92 Å². The average molecular weight is 555 g/mol. The molecule has 0 atom stereocenters. The summed E-state index contributed by atoms with van der Waals surface area (Å²) >= 11 is 0. The molecule has 7 nitrogen and oxygen atoms in total. The van der Waals surface area contributed by atoms with Gasteiger partial charge in [-0.3, -0.25) is 9.89 Å². The van der Waals surface area contributed by atoms with Crippen LogP contribution in [0.15, 0.2) is 39.8 Å². The maximum absolute atomic E-state index is 5.37. The summed E-state index contributed by atoms with van der Waals surface area (Å²) in [6.07, 6.45) is 2.31. The van der Waals surface area contributed by atoms with Crippen LogP contribution in [0.1, 0.15) is 49.6 Å². The van der Waals surface area contributed by atoms with E-state index in [1.54, 1.807) is 7.05 Å². The quantitative estimate of drug-likeness (QED) is 0.212.